The van der Waals surface area contributed by atoms with Gasteiger partial charge in [-0.15, -0.1) is 0 Å². The molecule has 0 atom stereocenters. The number of aliphatic carboxylic acids is 6. The third kappa shape index (κ3) is 6.42. The zero-order chi connectivity index (χ0) is 20.6. The van der Waals surface area contributed by atoms with Crippen LogP contribution in [-0.4, -0.2) is 77.2 Å². The first-order valence-electron chi connectivity index (χ1n) is 6.26. The SMILES string of the molecule is CCC(C(=O)O)(C(=O)O)C(=O)O.O=C(O)CC(O)(CC(=O)O)C(=O)O. The Morgan fingerprint density at radius 3 is 1.00 bits per heavy atom. The normalized spacial score (nSPS) is 10.8. The minimum Gasteiger partial charge on any atom is -0.481 e. The highest BCUT2D eigenvalue weighted by molar-refractivity contribution is 6.16. The molecule has 0 spiro atoms. The van der Waals surface area contributed by atoms with Crippen LogP contribution in [0.15, 0.2) is 0 Å². The van der Waals surface area contributed by atoms with E-state index in [9.17, 15) is 28.8 Å². The van der Waals surface area contributed by atoms with Gasteiger partial charge in [0.2, 0.25) is 0 Å². The molecule has 0 fully saturated rings. The third-order valence-electron chi connectivity index (χ3n) is 2.91. The maximum atomic E-state index is 10.4. The lowest BCUT2D eigenvalue weighted by Gasteiger charge is -2.18. The van der Waals surface area contributed by atoms with Crippen molar-refractivity contribution >= 4 is 35.8 Å². The second-order valence-electron chi connectivity index (χ2n) is 4.65. The Bertz CT molecular complexity index is 524. The van der Waals surface area contributed by atoms with Crippen molar-refractivity contribution in [2.24, 2.45) is 5.41 Å². The van der Waals surface area contributed by atoms with Crippen LogP contribution in [0.4, 0.5) is 0 Å². The standard InChI is InChI=1S/C6H8O7.C6H8O6/c7-3(8)1-6(13,5(11)12)2-4(9)10;1-2-6(3(7)8,4(9)10)5(11)12/h13H,1-2H2,(H,7,8)(H,9,10)(H,11,12);2H2,1H3,(H,7,8)(H,9,10)(H,11,12). The van der Waals surface area contributed by atoms with Gasteiger partial charge in [-0.05, 0) is 6.42 Å². The van der Waals surface area contributed by atoms with Gasteiger partial charge >= 0.3 is 35.8 Å². The molecule has 0 aromatic rings. The van der Waals surface area contributed by atoms with Gasteiger partial charge in [0.1, 0.15) is 0 Å². The molecule has 0 amide bonds. The van der Waals surface area contributed by atoms with Gasteiger partial charge in [-0.1, -0.05) is 6.92 Å². The summed E-state index contributed by atoms with van der Waals surface area (Å²) in [5.74, 6) is -10.6. The molecule has 0 bridgehead atoms. The summed E-state index contributed by atoms with van der Waals surface area (Å²) < 4.78 is 0. The molecule has 0 aliphatic rings. The van der Waals surface area contributed by atoms with Crippen molar-refractivity contribution in [1.82, 2.24) is 0 Å². The summed E-state index contributed by atoms with van der Waals surface area (Å²) in [5, 5.41) is 59.0. The molecule has 0 heterocycles. The molecule has 0 aliphatic carbocycles. The molecule has 13 nitrogen and oxygen atoms in total. The number of carboxylic acids is 6. The quantitative estimate of drug-likeness (QED) is 0.227. The van der Waals surface area contributed by atoms with E-state index in [0.29, 0.717) is 0 Å². The van der Waals surface area contributed by atoms with E-state index in [2.05, 4.69) is 0 Å². The molecule has 0 saturated heterocycles. The molecule has 7 N–H and O–H groups in total. The van der Waals surface area contributed by atoms with Crippen LogP contribution in [0.3, 0.4) is 0 Å². The van der Waals surface area contributed by atoms with E-state index in [1.165, 1.54) is 6.92 Å². The second-order valence-corrected chi connectivity index (χ2v) is 4.65. The summed E-state index contributed by atoms with van der Waals surface area (Å²) in [6, 6.07) is 0. The lowest BCUT2D eigenvalue weighted by Crippen LogP contribution is -2.45. The monoisotopic (exact) mass is 368 g/mol. The van der Waals surface area contributed by atoms with Gasteiger partial charge in [-0.3, -0.25) is 24.0 Å². The molecule has 0 aromatic carbocycles. The molecule has 25 heavy (non-hydrogen) atoms. The molecule has 0 unspecified atom stereocenters. The largest absolute Gasteiger partial charge is 0.481 e. The molecule has 0 aliphatic heterocycles. The number of rotatable bonds is 9. The topological polar surface area (TPSA) is 244 Å². The van der Waals surface area contributed by atoms with Crippen molar-refractivity contribution in [3.8, 4) is 0 Å². The summed E-state index contributed by atoms with van der Waals surface area (Å²) in [5.41, 5.74) is -5.45. The number of hydrogen-bond donors (Lipinski definition) is 7. The van der Waals surface area contributed by atoms with E-state index in [4.69, 9.17) is 35.7 Å². The van der Waals surface area contributed by atoms with E-state index < -0.39 is 66.1 Å². The lowest BCUT2D eigenvalue weighted by molar-refractivity contribution is -0.176. The van der Waals surface area contributed by atoms with Gasteiger partial charge in [-0.25, -0.2) is 4.79 Å². The molecule has 0 radical (unpaired) electrons. The summed E-state index contributed by atoms with van der Waals surface area (Å²) >= 11 is 0. The molecule has 0 saturated carbocycles. The molecule has 0 rings (SSSR count). The molecular formula is C12H16O13. The first-order chi connectivity index (χ1) is 11.2. The average Bonchev–Trinajstić information content (AvgIpc) is 2.36. The number of hydrogen-bond acceptors (Lipinski definition) is 7. The highest BCUT2D eigenvalue weighted by Gasteiger charge is 2.52. The first-order valence-corrected chi connectivity index (χ1v) is 6.26. The maximum Gasteiger partial charge on any atom is 0.336 e. The minimum absolute atomic E-state index is 0.493. The molecule has 142 valence electrons. The Kier molecular flexibility index (Phi) is 8.81. The minimum atomic E-state index is -2.74. The summed E-state index contributed by atoms with van der Waals surface area (Å²) in [6.07, 6.45) is -2.78. The Morgan fingerprint density at radius 1 is 0.640 bits per heavy atom. The third-order valence-corrected chi connectivity index (χ3v) is 2.91. The van der Waals surface area contributed by atoms with Gasteiger partial charge < -0.3 is 35.7 Å². The van der Waals surface area contributed by atoms with Crippen LogP contribution in [0.25, 0.3) is 0 Å². The zero-order valence-electron chi connectivity index (χ0n) is 12.7. The van der Waals surface area contributed by atoms with Gasteiger partial charge in [0.05, 0.1) is 12.8 Å². The van der Waals surface area contributed by atoms with Crippen LogP contribution >= 0.6 is 0 Å². The number of carboxylic acid groups (broad SMARTS) is 6. The number of carbonyl (C=O) groups is 6. The summed E-state index contributed by atoms with van der Waals surface area (Å²) in [4.78, 5) is 61.6. The Balaban J connectivity index is 0. The van der Waals surface area contributed by atoms with Crippen LogP contribution in [0.2, 0.25) is 0 Å². The fourth-order valence-corrected chi connectivity index (χ4v) is 1.44. The van der Waals surface area contributed by atoms with Crippen LogP contribution in [-0.2, 0) is 28.8 Å². The molecule has 0 aromatic heterocycles. The van der Waals surface area contributed by atoms with Crippen molar-refractivity contribution in [3.05, 3.63) is 0 Å². The van der Waals surface area contributed by atoms with Gasteiger partial charge in [0, 0.05) is 0 Å². The summed E-state index contributed by atoms with van der Waals surface area (Å²) in [6.45, 7) is 1.19. The van der Waals surface area contributed by atoms with Crippen molar-refractivity contribution in [1.29, 1.82) is 0 Å². The van der Waals surface area contributed by atoms with Crippen LogP contribution in [0.1, 0.15) is 26.2 Å². The van der Waals surface area contributed by atoms with E-state index in [1.807, 2.05) is 0 Å². The van der Waals surface area contributed by atoms with E-state index in [0.717, 1.165) is 0 Å². The van der Waals surface area contributed by atoms with Crippen LogP contribution < -0.4 is 0 Å². The molecule has 13 heteroatoms. The predicted octanol–water partition coefficient (Wildman–Crippen LogP) is -1.61. The number of aliphatic hydroxyl groups is 1. The van der Waals surface area contributed by atoms with Crippen molar-refractivity contribution in [2.75, 3.05) is 0 Å². The Morgan fingerprint density at radius 2 is 0.920 bits per heavy atom. The van der Waals surface area contributed by atoms with Crippen LogP contribution in [0, 0.1) is 5.41 Å². The van der Waals surface area contributed by atoms with Gasteiger partial charge in [0.25, 0.3) is 5.41 Å². The van der Waals surface area contributed by atoms with Crippen molar-refractivity contribution in [2.45, 2.75) is 31.8 Å². The highest BCUT2D eigenvalue weighted by atomic mass is 16.4. The first kappa shape index (κ1) is 24.0. The van der Waals surface area contributed by atoms with Gasteiger partial charge in [0.15, 0.2) is 5.60 Å². The average molecular weight is 368 g/mol. The smallest absolute Gasteiger partial charge is 0.336 e. The maximum absolute atomic E-state index is 10.4. The molecular weight excluding hydrogens is 352 g/mol. The second kappa shape index (κ2) is 9.17. The van der Waals surface area contributed by atoms with E-state index >= 15 is 0 Å². The van der Waals surface area contributed by atoms with Gasteiger partial charge in [-0.2, -0.15) is 0 Å². The summed E-state index contributed by atoms with van der Waals surface area (Å²) in [7, 11) is 0. The van der Waals surface area contributed by atoms with E-state index in [-0.39, 0.29) is 0 Å². The fourth-order valence-electron chi connectivity index (χ4n) is 1.44. The Labute approximate surface area is 138 Å². The highest BCUT2D eigenvalue weighted by Crippen LogP contribution is 2.22. The van der Waals surface area contributed by atoms with E-state index in [1.54, 1.807) is 0 Å². The zero-order valence-corrected chi connectivity index (χ0v) is 12.7. The lowest BCUT2D eigenvalue weighted by atomic mass is 9.85. The fraction of sp³-hybridized carbons (Fsp3) is 0.500. The Hall–Kier alpha value is -3.22. The van der Waals surface area contributed by atoms with Crippen molar-refractivity contribution < 1.29 is 64.5 Å². The predicted molar refractivity (Wildman–Crippen MR) is 72.7 cm³/mol. The van der Waals surface area contributed by atoms with Crippen molar-refractivity contribution in [3.63, 3.8) is 0 Å². The van der Waals surface area contributed by atoms with Crippen LogP contribution in [0.5, 0.6) is 0 Å².